The van der Waals surface area contributed by atoms with Crippen molar-refractivity contribution in [3.05, 3.63) is 28.2 Å². The Morgan fingerprint density at radius 1 is 1.50 bits per heavy atom. The fourth-order valence-corrected chi connectivity index (χ4v) is 2.50. The molecule has 2 heterocycles. The molecule has 3 rings (SSSR count). The third kappa shape index (κ3) is 1.42. The first-order valence-corrected chi connectivity index (χ1v) is 6.13. The Labute approximate surface area is 99.4 Å². The Hall–Kier alpha value is -1.09. The van der Waals surface area contributed by atoms with Crippen LogP contribution in [0.5, 0.6) is 0 Å². The zero-order valence-corrected chi connectivity index (χ0v) is 10.3. The van der Waals surface area contributed by atoms with Crippen molar-refractivity contribution in [3.63, 3.8) is 0 Å². The van der Waals surface area contributed by atoms with Crippen LogP contribution in [0, 0.1) is 6.92 Å². The molecule has 1 saturated carbocycles. The van der Waals surface area contributed by atoms with E-state index in [-0.39, 0.29) is 0 Å². The molecule has 1 aliphatic rings. The second-order valence-corrected chi connectivity index (χ2v) is 4.82. The Morgan fingerprint density at radius 2 is 2.25 bits per heavy atom. The number of halogens is 1. The van der Waals surface area contributed by atoms with Crippen molar-refractivity contribution in [1.82, 2.24) is 14.6 Å². The molecule has 2 aromatic rings. The Balaban J connectivity index is 2.25. The summed E-state index contributed by atoms with van der Waals surface area (Å²) in [6.45, 7) is 4.19. The number of hydrogen-bond acceptors (Lipinski definition) is 2. The monoisotopic (exact) mass is 235 g/mol. The SMILES string of the molecule is CCc1c(C)cc2nc(C3CC3)nn2c1Cl. The van der Waals surface area contributed by atoms with Crippen LogP contribution in [0.3, 0.4) is 0 Å². The third-order valence-electron chi connectivity index (χ3n) is 3.20. The molecule has 0 amide bonds. The lowest BCUT2D eigenvalue weighted by atomic mass is 10.1. The fourth-order valence-electron chi connectivity index (χ4n) is 2.09. The van der Waals surface area contributed by atoms with Gasteiger partial charge in [-0.25, -0.2) is 9.50 Å². The van der Waals surface area contributed by atoms with Gasteiger partial charge >= 0.3 is 0 Å². The number of aromatic nitrogens is 3. The average Bonchev–Trinajstić information content (AvgIpc) is 3.00. The van der Waals surface area contributed by atoms with Gasteiger partial charge in [0.25, 0.3) is 0 Å². The van der Waals surface area contributed by atoms with E-state index in [1.807, 2.05) is 0 Å². The summed E-state index contributed by atoms with van der Waals surface area (Å²) in [5.41, 5.74) is 3.25. The van der Waals surface area contributed by atoms with Crippen molar-refractivity contribution < 1.29 is 0 Å². The zero-order valence-electron chi connectivity index (χ0n) is 9.50. The second kappa shape index (κ2) is 3.45. The molecule has 1 aliphatic carbocycles. The molecule has 0 bridgehead atoms. The van der Waals surface area contributed by atoms with Crippen LogP contribution >= 0.6 is 11.6 Å². The summed E-state index contributed by atoms with van der Waals surface area (Å²) in [4.78, 5) is 4.54. The molecule has 0 saturated heterocycles. The van der Waals surface area contributed by atoms with Gasteiger partial charge in [0.1, 0.15) is 5.15 Å². The van der Waals surface area contributed by atoms with Crippen LogP contribution < -0.4 is 0 Å². The van der Waals surface area contributed by atoms with Gasteiger partial charge in [-0.3, -0.25) is 0 Å². The van der Waals surface area contributed by atoms with E-state index in [4.69, 9.17) is 11.6 Å². The number of pyridine rings is 1. The van der Waals surface area contributed by atoms with Gasteiger partial charge in [-0.05, 0) is 43.4 Å². The molecule has 0 atom stereocenters. The maximum Gasteiger partial charge on any atom is 0.157 e. The number of fused-ring (bicyclic) bond motifs is 1. The van der Waals surface area contributed by atoms with Gasteiger partial charge in [0.05, 0.1) is 0 Å². The number of aryl methyl sites for hydroxylation is 1. The van der Waals surface area contributed by atoms with Crippen molar-refractivity contribution in [2.24, 2.45) is 0 Å². The smallest absolute Gasteiger partial charge is 0.157 e. The van der Waals surface area contributed by atoms with E-state index in [2.05, 4.69) is 30.0 Å². The van der Waals surface area contributed by atoms with E-state index in [9.17, 15) is 0 Å². The Kier molecular flexibility index (Phi) is 2.18. The Bertz CT molecular complexity index is 555. The van der Waals surface area contributed by atoms with E-state index >= 15 is 0 Å². The summed E-state index contributed by atoms with van der Waals surface area (Å²) in [5, 5.41) is 5.22. The Morgan fingerprint density at radius 3 is 2.88 bits per heavy atom. The minimum atomic E-state index is 0.571. The summed E-state index contributed by atoms with van der Waals surface area (Å²) in [6.07, 6.45) is 3.36. The van der Waals surface area contributed by atoms with Gasteiger partial charge in [-0.15, -0.1) is 5.10 Å². The molecule has 0 radical (unpaired) electrons. The van der Waals surface area contributed by atoms with Crippen LogP contribution in [-0.2, 0) is 6.42 Å². The molecule has 0 aliphatic heterocycles. The van der Waals surface area contributed by atoms with Gasteiger partial charge in [-0.1, -0.05) is 18.5 Å². The molecular weight excluding hydrogens is 222 g/mol. The second-order valence-electron chi connectivity index (χ2n) is 4.46. The van der Waals surface area contributed by atoms with Gasteiger partial charge in [0.2, 0.25) is 0 Å². The lowest BCUT2D eigenvalue weighted by Crippen LogP contribution is -1.98. The van der Waals surface area contributed by atoms with Crippen LogP contribution in [0.4, 0.5) is 0 Å². The molecular formula is C12H14ClN3. The van der Waals surface area contributed by atoms with Crippen LogP contribution in [0.15, 0.2) is 6.07 Å². The minimum absolute atomic E-state index is 0.571. The molecule has 3 nitrogen and oxygen atoms in total. The lowest BCUT2D eigenvalue weighted by Gasteiger charge is -2.06. The number of hydrogen-bond donors (Lipinski definition) is 0. The number of nitrogens with zero attached hydrogens (tertiary/aromatic N) is 3. The predicted octanol–water partition coefficient (Wildman–Crippen LogP) is 3.13. The standard InChI is InChI=1S/C12H14ClN3/c1-3-9-7(2)6-10-14-12(8-4-5-8)15-16(10)11(9)13/h6,8H,3-5H2,1-2H3. The molecule has 1 fully saturated rings. The van der Waals surface area contributed by atoms with Crippen molar-refractivity contribution in [3.8, 4) is 0 Å². The van der Waals surface area contributed by atoms with E-state index in [1.54, 1.807) is 4.52 Å². The van der Waals surface area contributed by atoms with Crippen molar-refractivity contribution in [2.45, 2.75) is 39.0 Å². The molecule has 16 heavy (non-hydrogen) atoms. The molecule has 4 heteroatoms. The highest BCUT2D eigenvalue weighted by molar-refractivity contribution is 6.30. The highest BCUT2D eigenvalue weighted by atomic mass is 35.5. The van der Waals surface area contributed by atoms with E-state index in [0.717, 1.165) is 23.0 Å². The summed E-state index contributed by atoms with van der Waals surface area (Å²) in [6, 6.07) is 2.07. The van der Waals surface area contributed by atoms with Crippen LogP contribution in [-0.4, -0.2) is 14.6 Å². The highest BCUT2D eigenvalue weighted by Crippen LogP contribution is 2.38. The first-order valence-electron chi connectivity index (χ1n) is 5.75. The van der Waals surface area contributed by atoms with Gasteiger partial charge < -0.3 is 0 Å². The van der Waals surface area contributed by atoms with Crippen LogP contribution in [0.1, 0.15) is 42.6 Å². The highest BCUT2D eigenvalue weighted by Gasteiger charge is 2.28. The zero-order chi connectivity index (χ0) is 11.3. The predicted molar refractivity (Wildman–Crippen MR) is 64.1 cm³/mol. The molecule has 0 spiro atoms. The van der Waals surface area contributed by atoms with Crippen molar-refractivity contribution in [1.29, 1.82) is 0 Å². The summed E-state index contributed by atoms with van der Waals surface area (Å²) in [7, 11) is 0. The summed E-state index contributed by atoms with van der Waals surface area (Å²) < 4.78 is 1.78. The molecule has 2 aromatic heterocycles. The largest absolute Gasteiger partial charge is 0.212 e. The van der Waals surface area contributed by atoms with Crippen molar-refractivity contribution >= 4 is 17.2 Å². The molecule has 0 unspecified atom stereocenters. The van der Waals surface area contributed by atoms with Crippen molar-refractivity contribution in [2.75, 3.05) is 0 Å². The maximum atomic E-state index is 6.35. The molecule has 0 aromatic carbocycles. The van der Waals surface area contributed by atoms with Crippen LogP contribution in [0.2, 0.25) is 5.15 Å². The van der Waals surface area contributed by atoms with E-state index < -0.39 is 0 Å². The van der Waals surface area contributed by atoms with Gasteiger partial charge in [0, 0.05) is 5.92 Å². The maximum absolute atomic E-state index is 6.35. The first-order chi connectivity index (χ1) is 7.70. The third-order valence-corrected chi connectivity index (χ3v) is 3.59. The first kappa shape index (κ1) is 10.1. The normalized spacial score (nSPS) is 15.9. The lowest BCUT2D eigenvalue weighted by molar-refractivity contribution is 0.867. The quantitative estimate of drug-likeness (QED) is 0.749. The minimum Gasteiger partial charge on any atom is -0.212 e. The summed E-state index contributed by atoms with van der Waals surface area (Å²) >= 11 is 6.35. The molecule has 84 valence electrons. The van der Waals surface area contributed by atoms with Gasteiger partial charge in [-0.2, -0.15) is 0 Å². The van der Waals surface area contributed by atoms with Gasteiger partial charge in [0.15, 0.2) is 11.5 Å². The van der Waals surface area contributed by atoms with E-state index in [1.165, 1.54) is 24.0 Å². The molecule has 0 N–H and O–H groups in total. The average molecular weight is 236 g/mol. The van der Waals surface area contributed by atoms with Crippen LogP contribution in [0.25, 0.3) is 5.65 Å². The topological polar surface area (TPSA) is 30.2 Å². The summed E-state index contributed by atoms with van der Waals surface area (Å²) in [5.74, 6) is 1.52. The van der Waals surface area contributed by atoms with E-state index in [0.29, 0.717) is 5.92 Å². The number of rotatable bonds is 2. The fraction of sp³-hybridized carbons (Fsp3) is 0.500.